The zero-order chi connectivity index (χ0) is 49.6. The summed E-state index contributed by atoms with van der Waals surface area (Å²) in [5.41, 5.74) is 3.85. The third kappa shape index (κ3) is 11.6. The second-order valence-electron chi connectivity index (χ2n) is 18.4. The Morgan fingerprint density at radius 3 is 2.36 bits per heavy atom. The number of thiocarbonyl (C=S) groups is 1. The Balaban J connectivity index is 0.842. The Morgan fingerprint density at radius 2 is 1.71 bits per heavy atom. The Labute approximate surface area is 415 Å². The number of benzene rings is 4. The van der Waals surface area contributed by atoms with Gasteiger partial charge in [0.15, 0.2) is 5.11 Å². The number of carbonyl (C=O) groups is 4. The number of β-amino-alcohol motifs (C(OH)–C–C–N with tert-alkyl or cyclic N) is 1. The monoisotopic (exact) mass is 993 g/mol. The van der Waals surface area contributed by atoms with E-state index in [0.29, 0.717) is 36.4 Å². The van der Waals surface area contributed by atoms with E-state index in [1.54, 1.807) is 55.9 Å². The summed E-state index contributed by atoms with van der Waals surface area (Å²) >= 11 is 13.5. The van der Waals surface area contributed by atoms with Gasteiger partial charge >= 0.3 is 0 Å². The van der Waals surface area contributed by atoms with E-state index in [4.69, 9.17) is 33.3 Å². The maximum atomic E-state index is 15.9. The van der Waals surface area contributed by atoms with Gasteiger partial charge in [-0.05, 0) is 109 Å². The van der Waals surface area contributed by atoms with E-state index in [2.05, 4.69) is 15.6 Å². The minimum atomic E-state index is -1.22. The van der Waals surface area contributed by atoms with Crippen molar-refractivity contribution in [3.8, 4) is 33.4 Å². The van der Waals surface area contributed by atoms with Crippen LogP contribution in [-0.4, -0.2) is 93.8 Å². The highest BCUT2D eigenvalue weighted by Gasteiger charge is 2.51. The zero-order valence-corrected chi connectivity index (χ0v) is 41.2. The third-order valence-electron chi connectivity index (χ3n) is 12.0. The average Bonchev–Trinajstić information content (AvgIpc) is 4.04. The van der Waals surface area contributed by atoms with E-state index in [1.807, 2.05) is 63.2 Å². The zero-order valence-electron chi connectivity index (χ0n) is 38.8. The molecule has 14 nitrogen and oxygen atoms in total. The van der Waals surface area contributed by atoms with Gasteiger partial charge in [-0.15, -0.1) is 11.3 Å². The molecular formula is C51H53ClFN7O7S2. The topological polar surface area (TPSA) is 177 Å². The first-order valence-electron chi connectivity index (χ1n) is 22.4. The highest BCUT2D eigenvalue weighted by molar-refractivity contribution is 7.81. The molecule has 3 heterocycles. The van der Waals surface area contributed by atoms with Gasteiger partial charge < -0.3 is 35.0 Å². The molecule has 7 rings (SSSR count). The molecule has 0 radical (unpaired) electrons. The van der Waals surface area contributed by atoms with Crippen molar-refractivity contribution in [2.45, 2.75) is 84.2 Å². The second kappa shape index (κ2) is 21.6. The third-order valence-corrected chi connectivity index (χ3v) is 13.5. The molecule has 1 aromatic heterocycles. The van der Waals surface area contributed by atoms with Crippen molar-refractivity contribution in [2.75, 3.05) is 36.2 Å². The van der Waals surface area contributed by atoms with Crippen LogP contribution in [0.2, 0.25) is 5.02 Å². The largest absolute Gasteiger partial charge is 0.494 e. The molecule has 0 aliphatic carbocycles. The standard InChI is InChI=1S/C51H53ClFN7O7S2/c1-50(2,3)45(47(64)58-28-37(61)24-42(58)46(63)56-26-31-8-10-33(11-9-31)43-27-55-30-69-43)57-44(62)29-66-20-6-7-21-67-38-17-13-32(14-18-38)34-15-19-41(40(53)22-34)60-49(68)59(48(65)51(60,4)5)36-16-12-35(25-54)39(52)23-36/h8-19,22-23,27,30,37,42,45,61H,6-7,20-21,24,26,28-29H2,1-5H3,(H,56,63)(H,57,62)/t37-,42+,45-/m1/s1. The molecule has 18 heteroatoms. The predicted molar refractivity (Wildman–Crippen MR) is 267 cm³/mol. The van der Waals surface area contributed by atoms with Crippen LogP contribution < -0.4 is 25.2 Å². The number of carbonyl (C=O) groups excluding carboxylic acids is 4. The number of amides is 4. The Kier molecular flexibility index (Phi) is 15.8. The Hall–Kier alpha value is -6.29. The number of halogens is 2. The van der Waals surface area contributed by atoms with Crippen LogP contribution in [0.25, 0.3) is 21.6 Å². The summed E-state index contributed by atoms with van der Waals surface area (Å²) in [4.78, 5) is 63.3. The second-order valence-corrected chi connectivity index (χ2v) is 20.1. The number of nitriles is 1. The molecule has 2 saturated heterocycles. The van der Waals surface area contributed by atoms with Crippen LogP contribution in [0, 0.1) is 22.6 Å². The lowest BCUT2D eigenvalue weighted by atomic mass is 9.85. The summed E-state index contributed by atoms with van der Waals surface area (Å²) in [5, 5.41) is 25.8. The number of anilines is 2. The van der Waals surface area contributed by atoms with E-state index in [0.717, 1.165) is 21.6 Å². The van der Waals surface area contributed by atoms with E-state index in [-0.39, 0.29) is 65.9 Å². The maximum Gasteiger partial charge on any atom is 0.259 e. The summed E-state index contributed by atoms with van der Waals surface area (Å²) in [6.07, 6.45) is 2.22. The predicted octanol–water partition coefficient (Wildman–Crippen LogP) is 8.04. The first-order chi connectivity index (χ1) is 32.9. The summed E-state index contributed by atoms with van der Waals surface area (Å²) < 4.78 is 27.5. The lowest BCUT2D eigenvalue weighted by molar-refractivity contribution is -0.144. The number of hydrogen-bond donors (Lipinski definition) is 3. The number of nitrogens with zero attached hydrogens (tertiary/aromatic N) is 5. The van der Waals surface area contributed by atoms with Gasteiger partial charge in [-0.1, -0.05) is 74.8 Å². The number of ether oxygens (including phenoxy) is 2. The van der Waals surface area contributed by atoms with Crippen LogP contribution >= 0.6 is 35.2 Å². The van der Waals surface area contributed by atoms with Crippen molar-refractivity contribution in [3.63, 3.8) is 0 Å². The number of aliphatic hydroxyl groups excluding tert-OH is 1. The summed E-state index contributed by atoms with van der Waals surface area (Å²) in [6.45, 7) is 9.39. The molecule has 0 spiro atoms. The quantitative estimate of drug-likeness (QED) is 0.0607. The van der Waals surface area contributed by atoms with Crippen molar-refractivity contribution in [2.24, 2.45) is 5.41 Å². The number of unbranched alkanes of at least 4 members (excludes halogenated alkanes) is 1. The molecule has 2 aliphatic heterocycles. The van der Waals surface area contributed by atoms with Gasteiger partial charge in [-0.3, -0.25) is 29.1 Å². The number of nitrogens with one attached hydrogen (secondary N) is 2. The van der Waals surface area contributed by atoms with Crippen LogP contribution in [-0.2, 0) is 30.5 Å². The van der Waals surface area contributed by atoms with Crippen LogP contribution in [0.4, 0.5) is 15.8 Å². The first kappa shape index (κ1) is 50.6. The van der Waals surface area contributed by atoms with E-state index in [1.165, 1.54) is 44.2 Å². The highest BCUT2D eigenvalue weighted by Crippen LogP contribution is 2.40. The van der Waals surface area contributed by atoms with Crippen molar-refractivity contribution in [1.82, 2.24) is 20.5 Å². The maximum absolute atomic E-state index is 15.9. The van der Waals surface area contributed by atoms with Crippen molar-refractivity contribution < 1.29 is 38.1 Å². The van der Waals surface area contributed by atoms with Crippen molar-refractivity contribution in [3.05, 3.63) is 119 Å². The molecule has 69 heavy (non-hydrogen) atoms. The lowest BCUT2D eigenvalue weighted by Crippen LogP contribution is -2.58. The molecule has 3 atom stereocenters. The Morgan fingerprint density at radius 1 is 1.01 bits per heavy atom. The summed E-state index contributed by atoms with van der Waals surface area (Å²) in [6, 6.07) is 24.4. The fourth-order valence-electron chi connectivity index (χ4n) is 8.21. The minimum absolute atomic E-state index is 0.0293. The van der Waals surface area contributed by atoms with Gasteiger partial charge in [-0.2, -0.15) is 5.26 Å². The molecule has 0 bridgehead atoms. The molecule has 0 saturated carbocycles. The molecule has 2 fully saturated rings. The van der Waals surface area contributed by atoms with Crippen LogP contribution in [0.15, 0.2) is 96.6 Å². The normalized spacial score (nSPS) is 17.2. The first-order valence-corrected chi connectivity index (χ1v) is 24.1. The van der Waals surface area contributed by atoms with E-state index in [9.17, 15) is 29.5 Å². The number of hydrogen-bond acceptors (Lipinski definition) is 11. The SMILES string of the molecule is CC(C)(C)[C@H](NC(=O)COCCCCOc1ccc(-c2ccc(N3C(=S)N(c4ccc(C#N)c(Cl)c4)C(=O)C3(C)C)c(F)c2)cc1)C(=O)N1C[C@H](O)C[C@H]1C(=O)NCc1ccc(-c2cncs2)cc1. The summed E-state index contributed by atoms with van der Waals surface area (Å²) in [5.74, 6) is -1.65. The van der Waals surface area contributed by atoms with Gasteiger partial charge in [0.1, 0.15) is 41.9 Å². The molecule has 3 N–H and O–H groups in total. The van der Waals surface area contributed by atoms with Gasteiger partial charge in [0.05, 0.1) is 45.1 Å². The average molecular weight is 995 g/mol. The summed E-state index contributed by atoms with van der Waals surface area (Å²) in [7, 11) is 0. The minimum Gasteiger partial charge on any atom is -0.494 e. The molecule has 0 unspecified atom stereocenters. The number of likely N-dealkylation sites (tertiary alicyclic amines) is 1. The fourth-order valence-corrected chi connectivity index (χ4v) is 9.57. The number of thiazole rings is 1. The molecule has 2 aliphatic rings. The number of aromatic nitrogens is 1. The van der Waals surface area contributed by atoms with Gasteiger partial charge in [0, 0.05) is 32.3 Å². The number of rotatable bonds is 17. The smallest absolute Gasteiger partial charge is 0.259 e. The molecule has 5 aromatic rings. The molecule has 4 aromatic carbocycles. The van der Waals surface area contributed by atoms with Crippen LogP contribution in [0.1, 0.15) is 65.0 Å². The van der Waals surface area contributed by atoms with E-state index >= 15 is 4.39 Å². The molecular weight excluding hydrogens is 941 g/mol. The van der Waals surface area contributed by atoms with Gasteiger partial charge in [0.25, 0.3) is 5.91 Å². The van der Waals surface area contributed by atoms with Gasteiger partial charge in [-0.25, -0.2) is 4.39 Å². The van der Waals surface area contributed by atoms with E-state index < -0.39 is 46.8 Å². The van der Waals surface area contributed by atoms with Crippen molar-refractivity contribution >= 4 is 75.3 Å². The Bertz CT molecular complexity index is 2740. The number of aliphatic hydroxyl groups is 1. The van der Waals surface area contributed by atoms with Crippen molar-refractivity contribution in [1.29, 1.82) is 5.26 Å². The van der Waals surface area contributed by atoms with Crippen LogP contribution in [0.3, 0.4) is 0 Å². The highest BCUT2D eigenvalue weighted by atomic mass is 35.5. The molecule has 4 amide bonds. The lowest BCUT2D eigenvalue weighted by Gasteiger charge is -2.35. The fraction of sp³-hybridized carbons (Fsp3) is 0.353. The van der Waals surface area contributed by atoms with Gasteiger partial charge in [0.2, 0.25) is 17.7 Å². The van der Waals surface area contributed by atoms with Crippen LogP contribution in [0.5, 0.6) is 5.75 Å². The molecule has 360 valence electrons.